The summed E-state index contributed by atoms with van der Waals surface area (Å²) in [6, 6.07) is 11.5. The molecule has 1 aliphatic rings. The van der Waals surface area contributed by atoms with Crippen molar-refractivity contribution in [2.75, 3.05) is 39.7 Å². The third kappa shape index (κ3) is 3.69. The Labute approximate surface area is 153 Å². The minimum atomic E-state index is 0.0522. The van der Waals surface area contributed by atoms with Crippen LogP contribution in [0.5, 0.6) is 17.2 Å². The molecular formula is C20H24N2O4. The smallest absolute Gasteiger partial charge is 0.242 e. The summed E-state index contributed by atoms with van der Waals surface area (Å²) < 4.78 is 16.0. The van der Waals surface area contributed by atoms with Crippen LogP contribution in [-0.2, 0) is 17.8 Å². The molecule has 0 radical (unpaired) electrons. The largest absolute Gasteiger partial charge is 0.495 e. The summed E-state index contributed by atoms with van der Waals surface area (Å²) in [6.45, 7) is 1.49. The standard InChI is InChI=1S/C20H24N2O4/c1-24-17-7-5-4-6-16(17)21-12-20(23)22-9-8-14-10-18(25-2)19(26-3)11-15(14)13-22/h4-7,10-11,21H,8-9,12-13H2,1-3H3. The molecule has 0 unspecified atom stereocenters. The number of carbonyl (C=O) groups is 1. The number of amides is 1. The van der Waals surface area contributed by atoms with Crippen LogP contribution in [0, 0.1) is 0 Å². The van der Waals surface area contributed by atoms with Crippen LogP contribution in [0.2, 0.25) is 0 Å². The van der Waals surface area contributed by atoms with Crippen molar-refractivity contribution in [2.45, 2.75) is 13.0 Å². The van der Waals surface area contributed by atoms with E-state index in [4.69, 9.17) is 14.2 Å². The second kappa shape index (κ2) is 7.99. The summed E-state index contributed by atoms with van der Waals surface area (Å²) in [5.41, 5.74) is 3.11. The van der Waals surface area contributed by atoms with Crippen molar-refractivity contribution >= 4 is 11.6 Å². The van der Waals surface area contributed by atoms with E-state index in [0.717, 1.165) is 29.2 Å². The molecule has 6 nitrogen and oxygen atoms in total. The number of para-hydroxylation sites is 2. The van der Waals surface area contributed by atoms with Gasteiger partial charge in [0.15, 0.2) is 11.5 Å². The van der Waals surface area contributed by atoms with Gasteiger partial charge in [-0.2, -0.15) is 0 Å². The van der Waals surface area contributed by atoms with Crippen LogP contribution in [0.4, 0.5) is 5.69 Å². The van der Waals surface area contributed by atoms with Crippen LogP contribution in [0.3, 0.4) is 0 Å². The first-order valence-electron chi connectivity index (χ1n) is 8.54. The van der Waals surface area contributed by atoms with E-state index < -0.39 is 0 Å². The Morgan fingerprint density at radius 1 is 1.00 bits per heavy atom. The van der Waals surface area contributed by atoms with Crippen LogP contribution in [-0.4, -0.2) is 45.2 Å². The molecule has 0 fully saturated rings. The molecule has 0 bridgehead atoms. The number of methoxy groups -OCH3 is 3. The van der Waals surface area contributed by atoms with Crippen LogP contribution < -0.4 is 19.5 Å². The Balaban J connectivity index is 1.67. The molecule has 0 saturated heterocycles. The number of ether oxygens (including phenoxy) is 3. The average Bonchev–Trinajstić information content (AvgIpc) is 2.70. The lowest BCUT2D eigenvalue weighted by molar-refractivity contribution is -0.130. The second-order valence-electron chi connectivity index (χ2n) is 6.10. The first-order chi connectivity index (χ1) is 12.7. The van der Waals surface area contributed by atoms with Gasteiger partial charge < -0.3 is 24.4 Å². The summed E-state index contributed by atoms with van der Waals surface area (Å²) >= 11 is 0. The van der Waals surface area contributed by atoms with E-state index in [1.54, 1.807) is 21.3 Å². The van der Waals surface area contributed by atoms with Gasteiger partial charge in [-0.15, -0.1) is 0 Å². The first-order valence-corrected chi connectivity index (χ1v) is 8.54. The van der Waals surface area contributed by atoms with Crippen molar-refractivity contribution in [1.82, 2.24) is 4.90 Å². The molecule has 0 aromatic heterocycles. The van der Waals surface area contributed by atoms with Gasteiger partial charge >= 0.3 is 0 Å². The van der Waals surface area contributed by atoms with E-state index >= 15 is 0 Å². The maximum Gasteiger partial charge on any atom is 0.242 e. The zero-order valence-electron chi connectivity index (χ0n) is 15.4. The molecule has 0 aliphatic carbocycles. The fourth-order valence-corrected chi connectivity index (χ4v) is 3.17. The molecule has 0 spiro atoms. The molecule has 1 N–H and O–H groups in total. The molecular weight excluding hydrogens is 332 g/mol. The van der Waals surface area contributed by atoms with Crippen LogP contribution >= 0.6 is 0 Å². The minimum Gasteiger partial charge on any atom is -0.495 e. The number of rotatable bonds is 6. The second-order valence-corrected chi connectivity index (χ2v) is 6.10. The molecule has 0 saturated carbocycles. The number of fused-ring (bicyclic) bond motifs is 1. The van der Waals surface area contributed by atoms with Gasteiger partial charge in [0.2, 0.25) is 5.91 Å². The number of anilines is 1. The molecule has 3 rings (SSSR count). The maximum absolute atomic E-state index is 12.6. The lowest BCUT2D eigenvalue weighted by Gasteiger charge is -2.30. The van der Waals surface area contributed by atoms with Crippen LogP contribution in [0.1, 0.15) is 11.1 Å². The highest BCUT2D eigenvalue weighted by atomic mass is 16.5. The molecule has 1 aliphatic heterocycles. The van der Waals surface area contributed by atoms with Crippen molar-refractivity contribution in [3.8, 4) is 17.2 Å². The lowest BCUT2D eigenvalue weighted by atomic mass is 9.98. The number of hydrogen-bond donors (Lipinski definition) is 1. The maximum atomic E-state index is 12.6. The van der Waals surface area contributed by atoms with Gasteiger partial charge in [0.1, 0.15) is 5.75 Å². The summed E-state index contributed by atoms with van der Waals surface area (Å²) in [7, 11) is 4.87. The molecule has 1 amide bonds. The third-order valence-electron chi connectivity index (χ3n) is 4.61. The zero-order chi connectivity index (χ0) is 18.5. The zero-order valence-corrected chi connectivity index (χ0v) is 15.4. The molecule has 6 heteroatoms. The molecule has 2 aromatic rings. The summed E-state index contributed by atoms with van der Waals surface area (Å²) in [5.74, 6) is 2.19. The lowest BCUT2D eigenvalue weighted by Crippen LogP contribution is -2.39. The van der Waals surface area contributed by atoms with Crippen molar-refractivity contribution in [3.63, 3.8) is 0 Å². The van der Waals surface area contributed by atoms with Crippen molar-refractivity contribution in [1.29, 1.82) is 0 Å². The van der Waals surface area contributed by atoms with E-state index in [9.17, 15) is 4.79 Å². The van der Waals surface area contributed by atoms with Gasteiger partial charge in [-0.05, 0) is 41.8 Å². The number of nitrogens with one attached hydrogen (secondary N) is 1. The highest BCUT2D eigenvalue weighted by molar-refractivity contribution is 5.81. The fraction of sp³-hybridized carbons (Fsp3) is 0.350. The van der Waals surface area contributed by atoms with Gasteiger partial charge in [-0.25, -0.2) is 0 Å². The van der Waals surface area contributed by atoms with E-state index in [0.29, 0.717) is 18.8 Å². The summed E-state index contributed by atoms with van der Waals surface area (Å²) in [4.78, 5) is 14.5. The van der Waals surface area contributed by atoms with E-state index in [1.807, 2.05) is 41.3 Å². The molecule has 1 heterocycles. The summed E-state index contributed by atoms with van der Waals surface area (Å²) in [5, 5.41) is 3.17. The monoisotopic (exact) mass is 356 g/mol. The van der Waals surface area contributed by atoms with E-state index in [1.165, 1.54) is 5.56 Å². The number of hydrogen-bond acceptors (Lipinski definition) is 5. The summed E-state index contributed by atoms with van der Waals surface area (Å²) in [6.07, 6.45) is 0.802. The highest BCUT2D eigenvalue weighted by Crippen LogP contribution is 2.33. The molecule has 0 atom stereocenters. The average molecular weight is 356 g/mol. The number of nitrogens with zero attached hydrogens (tertiary/aromatic N) is 1. The molecule has 26 heavy (non-hydrogen) atoms. The van der Waals surface area contributed by atoms with Crippen molar-refractivity contribution in [3.05, 3.63) is 47.5 Å². The fourth-order valence-electron chi connectivity index (χ4n) is 3.17. The van der Waals surface area contributed by atoms with Gasteiger partial charge in [0, 0.05) is 13.1 Å². The first kappa shape index (κ1) is 17.9. The highest BCUT2D eigenvalue weighted by Gasteiger charge is 2.22. The Morgan fingerprint density at radius 2 is 1.65 bits per heavy atom. The van der Waals surface area contributed by atoms with Gasteiger partial charge in [0.25, 0.3) is 0 Å². The van der Waals surface area contributed by atoms with E-state index in [-0.39, 0.29) is 12.5 Å². The Hall–Kier alpha value is -2.89. The normalized spacial score (nSPS) is 13.0. The minimum absolute atomic E-state index is 0.0522. The quantitative estimate of drug-likeness (QED) is 0.862. The predicted octanol–water partition coefficient (Wildman–Crippen LogP) is 2.71. The predicted molar refractivity (Wildman–Crippen MR) is 100 cm³/mol. The number of benzene rings is 2. The van der Waals surface area contributed by atoms with Crippen LogP contribution in [0.15, 0.2) is 36.4 Å². The Morgan fingerprint density at radius 3 is 2.35 bits per heavy atom. The van der Waals surface area contributed by atoms with Crippen molar-refractivity contribution < 1.29 is 19.0 Å². The van der Waals surface area contributed by atoms with Crippen molar-refractivity contribution in [2.24, 2.45) is 0 Å². The SMILES string of the molecule is COc1ccccc1NCC(=O)N1CCc2cc(OC)c(OC)cc2C1. The third-order valence-corrected chi connectivity index (χ3v) is 4.61. The van der Waals surface area contributed by atoms with Gasteiger partial charge in [0.05, 0.1) is 33.6 Å². The van der Waals surface area contributed by atoms with Crippen LogP contribution in [0.25, 0.3) is 0 Å². The van der Waals surface area contributed by atoms with Gasteiger partial charge in [-0.1, -0.05) is 12.1 Å². The molecule has 2 aromatic carbocycles. The molecule has 138 valence electrons. The number of carbonyl (C=O) groups excluding carboxylic acids is 1. The Kier molecular flexibility index (Phi) is 5.51. The topological polar surface area (TPSA) is 60.0 Å². The van der Waals surface area contributed by atoms with E-state index in [2.05, 4.69) is 5.32 Å². The Bertz CT molecular complexity index is 791. The van der Waals surface area contributed by atoms with Gasteiger partial charge in [-0.3, -0.25) is 4.79 Å².